The van der Waals surface area contributed by atoms with Crippen molar-refractivity contribution in [3.63, 3.8) is 0 Å². The molecule has 0 spiro atoms. The van der Waals surface area contributed by atoms with Crippen molar-refractivity contribution in [3.05, 3.63) is 33.8 Å². The first-order valence-electron chi connectivity index (χ1n) is 6.20. The second-order valence-corrected chi connectivity index (χ2v) is 7.51. The molecule has 20 heavy (non-hydrogen) atoms. The van der Waals surface area contributed by atoms with E-state index in [2.05, 4.69) is 9.82 Å². The summed E-state index contributed by atoms with van der Waals surface area (Å²) in [4.78, 5) is 1.96. The Labute approximate surface area is 122 Å². The van der Waals surface area contributed by atoms with Gasteiger partial charge in [0.05, 0.1) is 4.90 Å². The highest BCUT2D eigenvalue weighted by Gasteiger charge is 2.19. The van der Waals surface area contributed by atoms with Gasteiger partial charge in [-0.05, 0) is 19.1 Å². The number of aryl methyl sites for hydroxylation is 2. The fraction of sp³-hybridized carbons (Fsp3) is 0.417. The Hall–Kier alpha value is -1.22. The maximum Gasteiger partial charge on any atom is 0.241 e. The third-order valence-corrected chi connectivity index (χ3v) is 5.80. The Bertz CT molecular complexity index is 688. The standard InChI is InChI=1S/C12H18N4O2S2/c1-9-12(7-11(8-13)19-9)20(17,18)15-6-4-10-3-5-14-16(10)2/h3,5,7,15H,4,6,8,13H2,1-2H3. The van der Waals surface area contributed by atoms with Crippen molar-refractivity contribution in [2.24, 2.45) is 12.8 Å². The topological polar surface area (TPSA) is 90.0 Å². The molecule has 0 fully saturated rings. The average Bonchev–Trinajstić information content (AvgIpc) is 2.96. The first-order chi connectivity index (χ1) is 9.44. The van der Waals surface area contributed by atoms with Gasteiger partial charge >= 0.3 is 0 Å². The van der Waals surface area contributed by atoms with Crippen LogP contribution >= 0.6 is 11.3 Å². The van der Waals surface area contributed by atoms with Gasteiger partial charge in [-0.1, -0.05) is 0 Å². The number of nitrogens with one attached hydrogen (secondary N) is 1. The number of nitrogens with zero attached hydrogens (tertiary/aromatic N) is 2. The third-order valence-electron chi connectivity index (χ3n) is 3.01. The number of thiophene rings is 1. The van der Waals surface area contributed by atoms with Crippen LogP contribution in [0.3, 0.4) is 0 Å². The monoisotopic (exact) mass is 314 g/mol. The van der Waals surface area contributed by atoms with Crippen LogP contribution in [0.2, 0.25) is 0 Å². The molecule has 8 heteroatoms. The summed E-state index contributed by atoms with van der Waals surface area (Å²) in [5, 5.41) is 4.05. The van der Waals surface area contributed by atoms with Gasteiger partial charge in [-0.25, -0.2) is 13.1 Å². The van der Waals surface area contributed by atoms with E-state index in [-0.39, 0.29) is 0 Å². The van der Waals surface area contributed by atoms with Crippen LogP contribution in [0.5, 0.6) is 0 Å². The summed E-state index contributed by atoms with van der Waals surface area (Å²) >= 11 is 1.42. The Morgan fingerprint density at radius 3 is 2.80 bits per heavy atom. The summed E-state index contributed by atoms with van der Waals surface area (Å²) in [6, 6.07) is 3.52. The van der Waals surface area contributed by atoms with Gasteiger partial charge in [0.25, 0.3) is 0 Å². The summed E-state index contributed by atoms with van der Waals surface area (Å²) in [7, 11) is -1.64. The molecule has 0 unspecified atom stereocenters. The fourth-order valence-electron chi connectivity index (χ4n) is 1.93. The molecule has 0 bridgehead atoms. The molecule has 2 rings (SSSR count). The Morgan fingerprint density at radius 1 is 1.50 bits per heavy atom. The van der Waals surface area contributed by atoms with Gasteiger partial charge in [0.15, 0.2) is 0 Å². The maximum absolute atomic E-state index is 12.2. The predicted octanol–water partition coefficient (Wildman–Crippen LogP) is 0.770. The molecule has 0 saturated carbocycles. The zero-order valence-electron chi connectivity index (χ0n) is 11.5. The molecule has 6 nitrogen and oxygen atoms in total. The molecule has 2 aromatic heterocycles. The van der Waals surface area contributed by atoms with E-state index in [0.29, 0.717) is 24.4 Å². The lowest BCUT2D eigenvalue weighted by Crippen LogP contribution is -2.26. The summed E-state index contributed by atoms with van der Waals surface area (Å²) in [6.45, 7) is 2.49. The highest BCUT2D eigenvalue weighted by atomic mass is 32.2. The zero-order valence-corrected chi connectivity index (χ0v) is 13.1. The van der Waals surface area contributed by atoms with E-state index in [1.165, 1.54) is 11.3 Å². The third kappa shape index (κ3) is 3.26. The van der Waals surface area contributed by atoms with Crippen LogP contribution in [-0.4, -0.2) is 24.7 Å². The molecule has 110 valence electrons. The zero-order chi connectivity index (χ0) is 14.8. The van der Waals surface area contributed by atoms with Crippen molar-refractivity contribution in [2.75, 3.05) is 6.54 Å². The van der Waals surface area contributed by atoms with E-state index in [4.69, 9.17) is 5.73 Å². The molecular weight excluding hydrogens is 296 g/mol. The van der Waals surface area contributed by atoms with Crippen molar-refractivity contribution < 1.29 is 8.42 Å². The lowest BCUT2D eigenvalue weighted by atomic mass is 10.3. The van der Waals surface area contributed by atoms with Crippen molar-refractivity contribution in [2.45, 2.75) is 24.8 Å². The number of hydrogen-bond donors (Lipinski definition) is 2. The van der Waals surface area contributed by atoms with Crippen LogP contribution in [0, 0.1) is 6.92 Å². The maximum atomic E-state index is 12.2. The van der Waals surface area contributed by atoms with Gasteiger partial charge in [0.2, 0.25) is 10.0 Å². The summed E-state index contributed by atoms with van der Waals surface area (Å²) < 4.78 is 28.8. The first-order valence-corrected chi connectivity index (χ1v) is 8.50. The normalized spacial score (nSPS) is 11.9. The molecule has 0 atom stereocenters. The minimum absolute atomic E-state index is 0.327. The Kier molecular flexibility index (Phi) is 4.59. The van der Waals surface area contributed by atoms with E-state index in [1.807, 2.05) is 13.1 Å². The lowest BCUT2D eigenvalue weighted by molar-refractivity contribution is 0.579. The smallest absolute Gasteiger partial charge is 0.241 e. The minimum Gasteiger partial charge on any atom is -0.326 e. The number of aromatic nitrogens is 2. The van der Waals surface area contributed by atoms with E-state index >= 15 is 0 Å². The van der Waals surface area contributed by atoms with E-state index in [1.54, 1.807) is 23.9 Å². The van der Waals surface area contributed by atoms with Gasteiger partial charge < -0.3 is 5.73 Å². The fourth-order valence-corrected chi connectivity index (χ4v) is 4.47. The highest BCUT2D eigenvalue weighted by molar-refractivity contribution is 7.89. The minimum atomic E-state index is -3.47. The number of rotatable bonds is 6. The van der Waals surface area contributed by atoms with E-state index in [0.717, 1.165) is 15.4 Å². The predicted molar refractivity (Wildman–Crippen MR) is 79.0 cm³/mol. The largest absolute Gasteiger partial charge is 0.326 e. The van der Waals surface area contributed by atoms with E-state index < -0.39 is 10.0 Å². The molecule has 2 aromatic rings. The Morgan fingerprint density at radius 2 is 2.25 bits per heavy atom. The highest BCUT2D eigenvalue weighted by Crippen LogP contribution is 2.25. The molecular formula is C12H18N4O2S2. The second kappa shape index (κ2) is 6.04. The van der Waals surface area contributed by atoms with Gasteiger partial charge in [-0.3, -0.25) is 4.68 Å². The van der Waals surface area contributed by atoms with Gasteiger partial charge in [-0.15, -0.1) is 11.3 Å². The van der Waals surface area contributed by atoms with Crippen LogP contribution in [0.15, 0.2) is 23.2 Å². The van der Waals surface area contributed by atoms with Crippen LogP contribution in [0.1, 0.15) is 15.4 Å². The molecule has 0 saturated heterocycles. The summed E-state index contributed by atoms with van der Waals surface area (Å²) in [5.41, 5.74) is 6.53. The molecule has 2 heterocycles. The van der Waals surface area contributed by atoms with Crippen molar-refractivity contribution in [1.82, 2.24) is 14.5 Å². The van der Waals surface area contributed by atoms with Gasteiger partial charge in [0.1, 0.15) is 0 Å². The summed E-state index contributed by atoms with van der Waals surface area (Å²) in [6.07, 6.45) is 2.29. The quantitative estimate of drug-likeness (QED) is 0.824. The second-order valence-electron chi connectivity index (χ2n) is 4.43. The molecule has 0 aromatic carbocycles. The number of nitrogens with two attached hydrogens (primary N) is 1. The average molecular weight is 314 g/mol. The van der Waals surface area contributed by atoms with Crippen LogP contribution in [0.25, 0.3) is 0 Å². The van der Waals surface area contributed by atoms with Crippen LogP contribution < -0.4 is 10.5 Å². The molecule has 0 aliphatic heterocycles. The van der Waals surface area contributed by atoms with Gasteiger partial charge in [-0.2, -0.15) is 5.10 Å². The Balaban J connectivity index is 2.04. The SMILES string of the molecule is Cc1sc(CN)cc1S(=O)(=O)NCCc1ccnn1C. The van der Waals surface area contributed by atoms with Crippen LogP contribution in [0.4, 0.5) is 0 Å². The molecule has 0 radical (unpaired) electrons. The van der Waals surface area contributed by atoms with Crippen LogP contribution in [-0.2, 0) is 30.0 Å². The number of sulfonamides is 1. The molecule has 0 aliphatic carbocycles. The van der Waals surface area contributed by atoms with E-state index in [9.17, 15) is 8.42 Å². The van der Waals surface area contributed by atoms with Crippen molar-refractivity contribution >= 4 is 21.4 Å². The summed E-state index contributed by atoms with van der Waals surface area (Å²) in [5.74, 6) is 0. The van der Waals surface area contributed by atoms with Crippen molar-refractivity contribution in [3.8, 4) is 0 Å². The van der Waals surface area contributed by atoms with Crippen molar-refractivity contribution in [1.29, 1.82) is 0 Å². The molecule has 0 aliphatic rings. The molecule has 3 N–H and O–H groups in total. The molecule has 0 amide bonds. The number of hydrogen-bond acceptors (Lipinski definition) is 5. The van der Waals surface area contributed by atoms with Gasteiger partial charge in [0, 0.05) is 48.2 Å². The lowest BCUT2D eigenvalue weighted by Gasteiger charge is -2.06. The first kappa shape index (κ1) is 15.2.